The number of rotatable bonds is 7. The van der Waals surface area contributed by atoms with Crippen LogP contribution in [0.4, 0.5) is 0 Å². The number of H-pyrrole nitrogens is 1. The van der Waals surface area contributed by atoms with Crippen LogP contribution >= 0.6 is 0 Å². The zero-order valence-electron chi connectivity index (χ0n) is 19.4. The van der Waals surface area contributed by atoms with Gasteiger partial charge in [-0.05, 0) is 41.3 Å². The average molecular weight is 468 g/mol. The summed E-state index contributed by atoms with van der Waals surface area (Å²) < 4.78 is 11.1. The fraction of sp³-hybridized carbons (Fsp3) is 0.179. The number of carbonyl (C=O) groups is 1. The van der Waals surface area contributed by atoms with Crippen molar-refractivity contribution in [2.24, 2.45) is 5.92 Å². The first-order valence-corrected chi connectivity index (χ1v) is 11.5. The fourth-order valence-electron chi connectivity index (χ4n) is 4.12. The molecule has 2 heterocycles. The molecule has 0 bridgehead atoms. The van der Waals surface area contributed by atoms with Gasteiger partial charge in [0.15, 0.2) is 6.61 Å². The summed E-state index contributed by atoms with van der Waals surface area (Å²) in [6, 6.07) is 23.8. The Labute approximate surface area is 201 Å². The van der Waals surface area contributed by atoms with Gasteiger partial charge in [-0.3, -0.25) is 4.79 Å². The number of benzene rings is 3. The van der Waals surface area contributed by atoms with Crippen LogP contribution in [0.5, 0.6) is 5.75 Å². The Balaban J connectivity index is 1.32. The standard InChI is InChI=1S/C28H25N3O4/c1-17(2)27(28-29-22-10-6-7-11-23(22)30-28)31-25(32)16-34-19-12-13-20-21(18-8-4-3-5-9-18)15-26(33)35-24(20)14-19/h3-15,17,27H,16H2,1-2H3,(H,29,30)(H,31,32)/t27-/m0/s1. The highest BCUT2D eigenvalue weighted by Crippen LogP contribution is 2.29. The maximum absolute atomic E-state index is 12.7. The Hall–Kier alpha value is -4.39. The van der Waals surface area contributed by atoms with E-state index in [2.05, 4.69) is 15.3 Å². The molecule has 0 aliphatic carbocycles. The third-order valence-corrected chi connectivity index (χ3v) is 5.86. The lowest BCUT2D eigenvalue weighted by Gasteiger charge is -2.20. The van der Waals surface area contributed by atoms with Crippen LogP contribution in [-0.2, 0) is 4.79 Å². The number of amides is 1. The summed E-state index contributed by atoms with van der Waals surface area (Å²) in [4.78, 5) is 32.8. The number of nitrogens with zero attached hydrogens (tertiary/aromatic N) is 1. The highest BCUT2D eigenvalue weighted by Gasteiger charge is 2.22. The second kappa shape index (κ2) is 9.46. The number of para-hydroxylation sites is 2. The van der Waals surface area contributed by atoms with Crippen molar-refractivity contribution >= 4 is 27.9 Å². The maximum atomic E-state index is 12.7. The molecule has 5 rings (SSSR count). The van der Waals surface area contributed by atoms with E-state index in [9.17, 15) is 9.59 Å². The zero-order valence-corrected chi connectivity index (χ0v) is 19.4. The number of ether oxygens (including phenoxy) is 1. The van der Waals surface area contributed by atoms with Crippen LogP contribution in [0, 0.1) is 5.92 Å². The molecule has 2 N–H and O–H groups in total. The summed E-state index contributed by atoms with van der Waals surface area (Å²) in [5.41, 5.74) is 3.43. The molecule has 2 aromatic heterocycles. The number of nitrogens with one attached hydrogen (secondary N) is 2. The van der Waals surface area contributed by atoms with Crippen LogP contribution in [-0.4, -0.2) is 22.5 Å². The summed E-state index contributed by atoms with van der Waals surface area (Å²) in [6.45, 7) is 3.86. The van der Waals surface area contributed by atoms with Crippen molar-refractivity contribution in [3.05, 3.63) is 95.1 Å². The van der Waals surface area contributed by atoms with Crippen molar-refractivity contribution in [3.8, 4) is 16.9 Å². The van der Waals surface area contributed by atoms with Gasteiger partial charge in [0, 0.05) is 17.5 Å². The molecule has 1 amide bonds. The summed E-state index contributed by atoms with van der Waals surface area (Å²) >= 11 is 0. The van der Waals surface area contributed by atoms with Crippen molar-refractivity contribution in [2.75, 3.05) is 6.61 Å². The number of fused-ring (bicyclic) bond motifs is 2. The highest BCUT2D eigenvalue weighted by molar-refractivity contribution is 5.93. The molecule has 0 aliphatic heterocycles. The number of hydrogen-bond donors (Lipinski definition) is 2. The zero-order chi connectivity index (χ0) is 24.4. The summed E-state index contributed by atoms with van der Waals surface area (Å²) in [5.74, 6) is 0.982. The predicted molar refractivity (Wildman–Crippen MR) is 135 cm³/mol. The Morgan fingerprint density at radius 2 is 1.80 bits per heavy atom. The van der Waals surface area contributed by atoms with Gasteiger partial charge < -0.3 is 19.5 Å². The summed E-state index contributed by atoms with van der Waals surface area (Å²) in [7, 11) is 0. The number of aromatic amines is 1. The minimum Gasteiger partial charge on any atom is -0.484 e. The quantitative estimate of drug-likeness (QED) is 0.320. The number of carbonyl (C=O) groups excluding carboxylic acids is 1. The largest absolute Gasteiger partial charge is 0.484 e. The third kappa shape index (κ3) is 4.80. The Bertz CT molecular complexity index is 1520. The van der Waals surface area contributed by atoms with Crippen LogP contribution in [0.1, 0.15) is 25.7 Å². The SMILES string of the molecule is CC(C)[C@H](NC(=O)COc1ccc2c(-c3ccccc3)cc(=O)oc2c1)c1nc2ccccc2[nH]1. The van der Waals surface area contributed by atoms with E-state index >= 15 is 0 Å². The first-order chi connectivity index (χ1) is 17.0. The van der Waals surface area contributed by atoms with Gasteiger partial charge in [-0.2, -0.15) is 0 Å². The molecule has 5 aromatic rings. The minimum atomic E-state index is -0.447. The van der Waals surface area contributed by atoms with E-state index in [1.807, 2.05) is 74.5 Å². The molecule has 0 saturated carbocycles. The van der Waals surface area contributed by atoms with Gasteiger partial charge in [-0.25, -0.2) is 9.78 Å². The normalized spacial score (nSPS) is 12.2. The molecule has 0 radical (unpaired) electrons. The maximum Gasteiger partial charge on any atom is 0.336 e. The lowest BCUT2D eigenvalue weighted by Crippen LogP contribution is -2.35. The van der Waals surface area contributed by atoms with E-state index in [1.165, 1.54) is 6.07 Å². The van der Waals surface area contributed by atoms with Crippen LogP contribution in [0.25, 0.3) is 33.1 Å². The van der Waals surface area contributed by atoms with Gasteiger partial charge in [0.25, 0.3) is 5.91 Å². The summed E-state index contributed by atoms with van der Waals surface area (Å²) in [6.07, 6.45) is 0. The van der Waals surface area contributed by atoms with Gasteiger partial charge >= 0.3 is 5.63 Å². The molecule has 7 heteroatoms. The molecular formula is C28H25N3O4. The first-order valence-electron chi connectivity index (χ1n) is 11.5. The predicted octanol–water partition coefficient (Wildman–Crippen LogP) is 5.23. The molecule has 35 heavy (non-hydrogen) atoms. The van der Waals surface area contributed by atoms with Gasteiger partial charge in [-0.1, -0.05) is 56.3 Å². The monoisotopic (exact) mass is 467 g/mol. The van der Waals surface area contributed by atoms with Gasteiger partial charge in [0.2, 0.25) is 0 Å². The van der Waals surface area contributed by atoms with E-state index in [1.54, 1.807) is 12.1 Å². The van der Waals surface area contributed by atoms with Crippen LogP contribution in [0.15, 0.2) is 88.1 Å². The van der Waals surface area contributed by atoms with E-state index in [0.29, 0.717) is 17.2 Å². The van der Waals surface area contributed by atoms with Gasteiger partial charge in [0.05, 0.1) is 17.1 Å². The van der Waals surface area contributed by atoms with E-state index < -0.39 is 5.63 Å². The lowest BCUT2D eigenvalue weighted by atomic mass is 10.0. The first kappa shape index (κ1) is 22.4. The van der Waals surface area contributed by atoms with E-state index in [-0.39, 0.29) is 24.5 Å². The van der Waals surface area contributed by atoms with Gasteiger partial charge in [0.1, 0.15) is 17.2 Å². The molecule has 0 aliphatic rings. The molecule has 7 nitrogen and oxygen atoms in total. The highest BCUT2D eigenvalue weighted by atomic mass is 16.5. The summed E-state index contributed by atoms with van der Waals surface area (Å²) in [5, 5.41) is 3.80. The molecule has 0 spiro atoms. The number of aromatic nitrogens is 2. The van der Waals surface area contributed by atoms with E-state index in [4.69, 9.17) is 9.15 Å². The molecule has 3 aromatic carbocycles. The third-order valence-electron chi connectivity index (χ3n) is 5.86. The van der Waals surface area contributed by atoms with Crippen molar-refractivity contribution in [1.82, 2.24) is 15.3 Å². The van der Waals surface area contributed by atoms with Crippen molar-refractivity contribution < 1.29 is 13.9 Å². The Morgan fingerprint density at radius 1 is 1.03 bits per heavy atom. The Morgan fingerprint density at radius 3 is 2.57 bits per heavy atom. The lowest BCUT2D eigenvalue weighted by molar-refractivity contribution is -0.124. The molecule has 0 saturated heterocycles. The van der Waals surface area contributed by atoms with E-state index in [0.717, 1.165) is 27.5 Å². The molecule has 1 atom stereocenters. The Kier molecular flexibility index (Phi) is 6.06. The topological polar surface area (TPSA) is 97.2 Å². The van der Waals surface area contributed by atoms with Crippen LogP contribution in [0.2, 0.25) is 0 Å². The van der Waals surface area contributed by atoms with Crippen LogP contribution in [0.3, 0.4) is 0 Å². The van der Waals surface area contributed by atoms with Crippen molar-refractivity contribution in [1.29, 1.82) is 0 Å². The second-order valence-corrected chi connectivity index (χ2v) is 8.72. The van der Waals surface area contributed by atoms with Crippen LogP contribution < -0.4 is 15.7 Å². The molecule has 176 valence electrons. The average Bonchev–Trinajstić information content (AvgIpc) is 3.29. The number of hydrogen-bond acceptors (Lipinski definition) is 5. The molecule has 0 fully saturated rings. The molecular weight excluding hydrogens is 442 g/mol. The molecule has 0 unspecified atom stereocenters. The smallest absolute Gasteiger partial charge is 0.336 e. The second-order valence-electron chi connectivity index (χ2n) is 8.72. The van der Waals surface area contributed by atoms with Gasteiger partial charge in [-0.15, -0.1) is 0 Å². The fourth-order valence-corrected chi connectivity index (χ4v) is 4.12. The minimum absolute atomic E-state index is 0.117. The van der Waals surface area contributed by atoms with Crippen molar-refractivity contribution in [2.45, 2.75) is 19.9 Å². The van der Waals surface area contributed by atoms with Crippen molar-refractivity contribution in [3.63, 3.8) is 0 Å². The number of imidazole rings is 1.